The highest BCUT2D eigenvalue weighted by molar-refractivity contribution is 5.03. The molecule has 1 aromatic heterocycles. The Morgan fingerprint density at radius 2 is 2.23 bits per heavy atom. The molecule has 74 valence electrons. The number of hydrogen-bond acceptors (Lipinski definition) is 2. The van der Waals surface area contributed by atoms with E-state index in [0.29, 0.717) is 6.42 Å². The molecule has 0 saturated heterocycles. The van der Waals surface area contributed by atoms with Gasteiger partial charge in [-0.1, -0.05) is 20.3 Å². The van der Waals surface area contributed by atoms with Crippen LogP contribution in [0.1, 0.15) is 38.9 Å². The molecule has 0 radical (unpaired) electrons. The van der Waals surface area contributed by atoms with Crippen LogP contribution in [0.15, 0.2) is 12.4 Å². The molecule has 3 nitrogen and oxygen atoms in total. The van der Waals surface area contributed by atoms with Crippen LogP contribution < -0.4 is 0 Å². The largest absolute Gasteiger partial charge is 0.382 e. The van der Waals surface area contributed by atoms with Gasteiger partial charge in [0.15, 0.2) is 0 Å². The molecular formula is C10H18N2O. The molecule has 1 rings (SSSR count). The van der Waals surface area contributed by atoms with Crippen LogP contribution >= 0.6 is 0 Å². The predicted molar refractivity (Wildman–Crippen MR) is 52.3 cm³/mol. The fourth-order valence-electron chi connectivity index (χ4n) is 1.67. The number of aliphatic hydroxyl groups is 1. The average molecular weight is 182 g/mol. The first-order valence-corrected chi connectivity index (χ1v) is 4.84. The van der Waals surface area contributed by atoms with Crippen molar-refractivity contribution in [2.45, 2.75) is 38.7 Å². The molecule has 0 spiro atoms. The lowest BCUT2D eigenvalue weighted by Crippen LogP contribution is -2.28. The van der Waals surface area contributed by atoms with E-state index in [0.717, 1.165) is 18.7 Å². The van der Waals surface area contributed by atoms with Crippen molar-refractivity contribution in [3.05, 3.63) is 18.2 Å². The minimum atomic E-state index is -0.743. The smallest absolute Gasteiger partial charge is 0.140 e. The Hall–Kier alpha value is -0.830. The molecule has 0 amide bonds. The summed E-state index contributed by atoms with van der Waals surface area (Å²) in [6.45, 7) is 4.06. The maximum absolute atomic E-state index is 10.3. The number of hydrogen-bond donors (Lipinski definition) is 1. The van der Waals surface area contributed by atoms with Gasteiger partial charge < -0.3 is 9.67 Å². The Bertz CT molecular complexity index is 270. The predicted octanol–water partition coefficient (Wildman–Crippen LogP) is 1.82. The van der Waals surface area contributed by atoms with E-state index < -0.39 is 5.60 Å². The van der Waals surface area contributed by atoms with Crippen LogP contribution in [0.4, 0.5) is 0 Å². The molecule has 1 heterocycles. The summed E-state index contributed by atoms with van der Waals surface area (Å²) in [6.07, 6.45) is 6.05. The van der Waals surface area contributed by atoms with Crippen molar-refractivity contribution in [2.75, 3.05) is 0 Å². The lowest BCUT2D eigenvalue weighted by atomic mass is 9.94. The Kier molecular flexibility index (Phi) is 3.09. The quantitative estimate of drug-likeness (QED) is 0.771. The van der Waals surface area contributed by atoms with Gasteiger partial charge in [-0.25, -0.2) is 4.98 Å². The van der Waals surface area contributed by atoms with Crippen molar-refractivity contribution in [3.63, 3.8) is 0 Å². The van der Waals surface area contributed by atoms with Crippen LogP contribution in [-0.4, -0.2) is 14.7 Å². The lowest BCUT2D eigenvalue weighted by molar-refractivity contribution is 0.0112. The van der Waals surface area contributed by atoms with Gasteiger partial charge in [0.25, 0.3) is 0 Å². The van der Waals surface area contributed by atoms with Crippen molar-refractivity contribution < 1.29 is 5.11 Å². The molecule has 0 aliphatic heterocycles. The molecule has 0 aromatic carbocycles. The molecule has 1 atom stereocenters. The van der Waals surface area contributed by atoms with Crippen LogP contribution in [0, 0.1) is 0 Å². The van der Waals surface area contributed by atoms with Gasteiger partial charge in [0, 0.05) is 19.4 Å². The fourth-order valence-corrected chi connectivity index (χ4v) is 1.67. The first kappa shape index (κ1) is 10.3. The molecule has 3 heteroatoms. The summed E-state index contributed by atoms with van der Waals surface area (Å²) in [4.78, 5) is 4.19. The number of aryl methyl sites for hydroxylation is 1. The molecule has 1 N–H and O–H groups in total. The third kappa shape index (κ3) is 1.91. The van der Waals surface area contributed by atoms with Crippen molar-refractivity contribution >= 4 is 0 Å². The molecule has 1 unspecified atom stereocenters. The van der Waals surface area contributed by atoms with Gasteiger partial charge in [-0.05, 0) is 12.8 Å². The minimum absolute atomic E-state index is 0.714. The zero-order valence-electron chi connectivity index (χ0n) is 8.62. The van der Waals surface area contributed by atoms with Crippen LogP contribution in [0.2, 0.25) is 0 Å². The highest BCUT2D eigenvalue weighted by atomic mass is 16.3. The van der Waals surface area contributed by atoms with Crippen LogP contribution in [-0.2, 0) is 12.6 Å². The number of aromatic nitrogens is 2. The van der Waals surface area contributed by atoms with Gasteiger partial charge in [-0.3, -0.25) is 0 Å². The average Bonchev–Trinajstić information content (AvgIpc) is 2.52. The molecule has 0 aliphatic carbocycles. The molecule has 0 aliphatic rings. The summed E-state index contributed by atoms with van der Waals surface area (Å²) in [6, 6.07) is 0. The first-order valence-electron chi connectivity index (χ1n) is 4.84. The van der Waals surface area contributed by atoms with E-state index in [1.165, 1.54) is 0 Å². The maximum Gasteiger partial charge on any atom is 0.140 e. The second kappa shape index (κ2) is 3.92. The monoisotopic (exact) mass is 182 g/mol. The highest BCUT2D eigenvalue weighted by Gasteiger charge is 2.29. The van der Waals surface area contributed by atoms with E-state index in [9.17, 15) is 5.11 Å². The van der Waals surface area contributed by atoms with Crippen LogP contribution in [0.5, 0.6) is 0 Å². The van der Waals surface area contributed by atoms with E-state index in [1.54, 1.807) is 6.20 Å². The van der Waals surface area contributed by atoms with Crippen molar-refractivity contribution in [1.82, 2.24) is 9.55 Å². The summed E-state index contributed by atoms with van der Waals surface area (Å²) in [5.41, 5.74) is -0.743. The van der Waals surface area contributed by atoms with Gasteiger partial charge >= 0.3 is 0 Å². The Morgan fingerprint density at radius 1 is 1.54 bits per heavy atom. The Labute approximate surface area is 79.4 Å². The minimum Gasteiger partial charge on any atom is -0.382 e. The molecule has 0 fully saturated rings. The summed E-state index contributed by atoms with van der Waals surface area (Å²) in [5.74, 6) is 0.775. The normalized spacial score (nSPS) is 15.7. The van der Waals surface area contributed by atoms with Gasteiger partial charge in [0.05, 0.1) is 0 Å². The molecule has 1 aromatic rings. The van der Waals surface area contributed by atoms with E-state index in [1.807, 2.05) is 24.7 Å². The lowest BCUT2D eigenvalue weighted by Gasteiger charge is -2.25. The van der Waals surface area contributed by atoms with Gasteiger partial charge in [0.1, 0.15) is 11.4 Å². The van der Waals surface area contributed by atoms with E-state index in [2.05, 4.69) is 11.9 Å². The zero-order valence-corrected chi connectivity index (χ0v) is 8.62. The van der Waals surface area contributed by atoms with Crippen molar-refractivity contribution in [2.24, 2.45) is 7.05 Å². The van der Waals surface area contributed by atoms with Gasteiger partial charge in [-0.2, -0.15) is 0 Å². The molecule has 0 saturated carbocycles. The summed E-state index contributed by atoms with van der Waals surface area (Å²) < 4.78 is 1.89. The van der Waals surface area contributed by atoms with E-state index in [4.69, 9.17) is 0 Å². The Morgan fingerprint density at radius 3 is 2.62 bits per heavy atom. The van der Waals surface area contributed by atoms with Crippen LogP contribution in [0.25, 0.3) is 0 Å². The standard InChI is InChI=1S/C10H18N2O/c1-4-6-10(13,5-2)9-11-7-8-12(9)3/h7-8,13H,4-6H2,1-3H3. The second-order valence-electron chi connectivity index (χ2n) is 3.50. The third-order valence-corrected chi connectivity index (χ3v) is 2.49. The van der Waals surface area contributed by atoms with E-state index in [-0.39, 0.29) is 0 Å². The summed E-state index contributed by atoms with van der Waals surface area (Å²) in [7, 11) is 1.92. The van der Waals surface area contributed by atoms with Crippen molar-refractivity contribution in [1.29, 1.82) is 0 Å². The summed E-state index contributed by atoms with van der Waals surface area (Å²) >= 11 is 0. The van der Waals surface area contributed by atoms with Crippen molar-refractivity contribution in [3.8, 4) is 0 Å². The molecule has 13 heavy (non-hydrogen) atoms. The summed E-state index contributed by atoms with van der Waals surface area (Å²) in [5, 5.41) is 10.3. The first-order chi connectivity index (χ1) is 6.14. The molecular weight excluding hydrogens is 164 g/mol. The fraction of sp³-hybridized carbons (Fsp3) is 0.700. The highest BCUT2D eigenvalue weighted by Crippen LogP contribution is 2.27. The van der Waals surface area contributed by atoms with Gasteiger partial charge in [-0.15, -0.1) is 0 Å². The Balaban J connectivity index is 2.95. The SMILES string of the molecule is CCCC(O)(CC)c1nccn1C. The second-order valence-corrected chi connectivity index (χ2v) is 3.50. The number of nitrogens with zero attached hydrogens (tertiary/aromatic N) is 2. The van der Waals surface area contributed by atoms with Gasteiger partial charge in [0.2, 0.25) is 0 Å². The molecule has 0 bridgehead atoms. The van der Waals surface area contributed by atoms with E-state index >= 15 is 0 Å². The number of imidazole rings is 1. The van der Waals surface area contributed by atoms with Crippen LogP contribution in [0.3, 0.4) is 0 Å². The topological polar surface area (TPSA) is 38.1 Å². The zero-order chi connectivity index (χ0) is 9.90. The number of rotatable bonds is 4. The third-order valence-electron chi connectivity index (χ3n) is 2.49. The maximum atomic E-state index is 10.3.